The molecule has 21 heavy (non-hydrogen) atoms. The summed E-state index contributed by atoms with van der Waals surface area (Å²) in [5, 5.41) is 3.50. The molecule has 2 aromatic carbocycles. The van der Waals surface area contributed by atoms with Crippen molar-refractivity contribution >= 4 is 27.3 Å². The van der Waals surface area contributed by atoms with Crippen LogP contribution in [0.25, 0.3) is 0 Å². The van der Waals surface area contributed by atoms with Gasteiger partial charge in [0.15, 0.2) is 0 Å². The largest absolute Gasteiger partial charge is 0.496 e. The molecule has 1 atom stereocenters. The Hall–Kier alpha value is -1.68. The summed E-state index contributed by atoms with van der Waals surface area (Å²) >= 11 is 3.51. The number of hydrogen-bond donors (Lipinski definition) is 1. The highest BCUT2D eigenvalue weighted by atomic mass is 79.9. The summed E-state index contributed by atoms with van der Waals surface area (Å²) in [5.41, 5.74) is 3.53. The van der Waals surface area contributed by atoms with Crippen LogP contribution >= 0.6 is 15.9 Å². The van der Waals surface area contributed by atoms with Gasteiger partial charge in [-0.15, -0.1) is 0 Å². The summed E-state index contributed by atoms with van der Waals surface area (Å²) in [6.45, 7) is 2.16. The zero-order valence-electron chi connectivity index (χ0n) is 12.9. The minimum absolute atomic E-state index is 0.238. The molecule has 0 heterocycles. The van der Waals surface area contributed by atoms with E-state index in [0.29, 0.717) is 0 Å². The third-order valence-corrected chi connectivity index (χ3v) is 4.06. The molecule has 2 aromatic rings. The summed E-state index contributed by atoms with van der Waals surface area (Å²) in [5.74, 6) is 0.837. The number of halogens is 1. The van der Waals surface area contributed by atoms with Crippen LogP contribution in [-0.2, 0) is 0 Å². The third-order valence-electron chi connectivity index (χ3n) is 3.44. The SMILES string of the molecule is COc1ccc(NC(C)c2ccc(N(C)C)cc2)cc1Br. The van der Waals surface area contributed by atoms with E-state index in [1.54, 1.807) is 7.11 Å². The smallest absolute Gasteiger partial charge is 0.133 e. The Bertz CT molecular complexity index is 596. The lowest BCUT2D eigenvalue weighted by Crippen LogP contribution is -2.10. The van der Waals surface area contributed by atoms with Gasteiger partial charge in [-0.25, -0.2) is 0 Å². The molecule has 112 valence electrons. The van der Waals surface area contributed by atoms with Crippen molar-refractivity contribution in [3.63, 3.8) is 0 Å². The van der Waals surface area contributed by atoms with E-state index in [1.807, 2.05) is 32.3 Å². The number of benzene rings is 2. The Morgan fingerprint density at radius 1 is 1.10 bits per heavy atom. The van der Waals surface area contributed by atoms with Gasteiger partial charge >= 0.3 is 0 Å². The highest BCUT2D eigenvalue weighted by Crippen LogP contribution is 2.29. The third kappa shape index (κ3) is 3.91. The van der Waals surface area contributed by atoms with Gasteiger partial charge in [0.1, 0.15) is 5.75 Å². The molecular formula is C17H21BrN2O. The molecule has 1 N–H and O–H groups in total. The number of anilines is 2. The van der Waals surface area contributed by atoms with Gasteiger partial charge in [-0.1, -0.05) is 12.1 Å². The standard InChI is InChI=1S/C17H21BrN2O/c1-12(13-5-8-15(9-6-13)20(2)3)19-14-7-10-17(21-4)16(18)11-14/h5-12,19H,1-4H3. The van der Waals surface area contributed by atoms with Gasteiger partial charge in [0.2, 0.25) is 0 Å². The molecule has 1 unspecified atom stereocenters. The minimum Gasteiger partial charge on any atom is -0.496 e. The fourth-order valence-corrected chi connectivity index (χ4v) is 2.69. The first-order valence-corrected chi connectivity index (χ1v) is 7.68. The number of hydrogen-bond acceptors (Lipinski definition) is 3. The second kappa shape index (κ2) is 6.85. The van der Waals surface area contributed by atoms with Crippen LogP contribution in [0, 0.1) is 0 Å². The molecule has 4 heteroatoms. The summed E-state index contributed by atoms with van der Waals surface area (Å²) in [4.78, 5) is 2.10. The first-order valence-electron chi connectivity index (χ1n) is 6.88. The first-order chi connectivity index (χ1) is 10.0. The number of nitrogens with zero attached hydrogens (tertiary/aromatic N) is 1. The van der Waals surface area contributed by atoms with Crippen molar-refractivity contribution in [2.24, 2.45) is 0 Å². The highest BCUT2D eigenvalue weighted by molar-refractivity contribution is 9.10. The van der Waals surface area contributed by atoms with Crippen molar-refractivity contribution in [3.8, 4) is 5.75 Å². The lowest BCUT2D eigenvalue weighted by molar-refractivity contribution is 0.412. The molecule has 0 spiro atoms. The van der Waals surface area contributed by atoms with Gasteiger partial charge in [-0.05, 0) is 58.7 Å². The Morgan fingerprint density at radius 2 is 1.76 bits per heavy atom. The van der Waals surface area contributed by atoms with Crippen molar-refractivity contribution in [2.45, 2.75) is 13.0 Å². The van der Waals surface area contributed by atoms with E-state index in [-0.39, 0.29) is 6.04 Å². The number of methoxy groups -OCH3 is 1. The van der Waals surface area contributed by atoms with E-state index in [2.05, 4.69) is 57.3 Å². The van der Waals surface area contributed by atoms with Crippen LogP contribution in [0.2, 0.25) is 0 Å². The number of nitrogens with one attached hydrogen (secondary N) is 1. The molecule has 2 rings (SSSR count). The molecule has 0 saturated heterocycles. The van der Waals surface area contributed by atoms with Gasteiger partial charge in [0.25, 0.3) is 0 Å². The van der Waals surface area contributed by atoms with E-state index in [9.17, 15) is 0 Å². The van der Waals surface area contributed by atoms with E-state index in [1.165, 1.54) is 11.3 Å². The highest BCUT2D eigenvalue weighted by Gasteiger charge is 2.07. The van der Waals surface area contributed by atoms with Crippen molar-refractivity contribution in [3.05, 3.63) is 52.5 Å². The zero-order valence-corrected chi connectivity index (χ0v) is 14.4. The van der Waals surface area contributed by atoms with Crippen LogP contribution in [0.5, 0.6) is 5.75 Å². The summed E-state index contributed by atoms with van der Waals surface area (Å²) in [6, 6.07) is 14.8. The average molecular weight is 349 g/mol. The molecule has 0 amide bonds. The first kappa shape index (κ1) is 15.7. The number of ether oxygens (including phenoxy) is 1. The van der Waals surface area contributed by atoms with Crippen LogP contribution in [0.15, 0.2) is 46.9 Å². The lowest BCUT2D eigenvalue weighted by atomic mass is 10.1. The van der Waals surface area contributed by atoms with Gasteiger partial charge in [0, 0.05) is 31.5 Å². The van der Waals surface area contributed by atoms with Crippen LogP contribution in [0.1, 0.15) is 18.5 Å². The molecule has 0 aliphatic carbocycles. The van der Waals surface area contributed by atoms with Crippen molar-refractivity contribution in [2.75, 3.05) is 31.4 Å². The topological polar surface area (TPSA) is 24.5 Å². The van der Waals surface area contributed by atoms with Crippen molar-refractivity contribution in [1.82, 2.24) is 0 Å². The van der Waals surface area contributed by atoms with Gasteiger partial charge in [-0.3, -0.25) is 0 Å². The van der Waals surface area contributed by atoms with Crippen LogP contribution < -0.4 is 15.0 Å². The summed E-state index contributed by atoms with van der Waals surface area (Å²) in [7, 11) is 5.76. The monoisotopic (exact) mass is 348 g/mol. The maximum absolute atomic E-state index is 5.25. The fourth-order valence-electron chi connectivity index (χ4n) is 2.15. The number of rotatable bonds is 5. The molecule has 0 fully saturated rings. The predicted molar refractivity (Wildman–Crippen MR) is 93.5 cm³/mol. The van der Waals surface area contributed by atoms with Crippen molar-refractivity contribution in [1.29, 1.82) is 0 Å². The fraction of sp³-hybridized carbons (Fsp3) is 0.294. The summed E-state index contributed by atoms with van der Waals surface area (Å²) < 4.78 is 6.20. The van der Waals surface area contributed by atoms with Crippen LogP contribution in [-0.4, -0.2) is 21.2 Å². The van der Waals surface area contributed by atoms with Crippen molar-refractivity contribution < 1.29 is 4.74 Å². The Balaban J connectivity index is 2.10. The van der Waals surface area contributed by atoms with Gasteiger partial charge in [-0.2, -0.15) is 0 Å². The molecule has 0 radical (unpaired) electrons. The van der Waals surface area contributed by atoms with E-state index in [4.69, 9.17) is 4.74 Å². The Morgan fingerprint density at radius 3 is 2.29 bits per heavy atom. The normalized spacial score (nSPS) is 11.9. The second-order valence-electron chi connectivity index (χ2n) is 5.20. The molecule has 0 aliphatic heterocycles. The molecule has 3 nitrogen and oxygen atoms in total. The van der Waals surface area contributed by atoms with E-state index >= 15 is 0 Å². The average Bonchev–Trinajstić information content (AvgIpc) is 2.47. The maximum atomic E-state index is 5.25. The minimum atomic E-state index is 0.238. The van der Waals surface area contributed by atoms with Crippen LogP contribution in [0.3, 0.4) is 0 Å². The molecule has 0 aromatic heterocycles. The molecule has 0 bridgehead atoms. The van der Waals surface area contributed by atoms with Gasteiger partial charge < -0.3 is 15.0 Å². The molecule has 0 aliphatic rings. The van der Waals surface area contributed by atoms with E-state index in [0.717, 1.165) is 15.9 Å². The summed E-state index contributed by atoms with van der Waals surface area (Å²) in [6.07, 6.45) is 0. The molecular weight excluding hydrogens is 328 g/mol. The Kier molecular flexibility index (Phi) is 5.12. The lowest BCUT2D eigenvalue weighted by Gasteiger charge is -2.18. The van der Waals surface area contributed by atoms with E-state index < -0.39 is 0 Å². The second-order valence-corrected chi connectivity index (χ2v) is 6.06. The van der Waals surface area contributed by atoms with Crippen LogP contribution in [0.4, 0.5) is 11.4 Å². The predicted octanol–water partition coefficient (Wildman–Crippen LogP) is 4.70. The Labute approximate surface area is 135 Å². The molecule has 0 saturated carbocycles. The zero-order chi connectivity index (χ0) is 15.4. The maximum Gasteiger partial charge on any atom is 0.133 e. The van der Waals surface area contributed by atoms with Gasteiger partial charge in [0.05, 0.1) is 11.6 Å². The quantitative estimate of drug-likeness (QED) is 0.847.